The van der Waals surface area contributed by atoms with Crippen LogP contribution in [0.4, 0.5) is 5.95 Å². The van der Waals surface area contributed by atoms with E-state index in [1.165, 1.54) is 0 Å². The molecule has 10 heteroatoms. The van der Waals surface area contributed by atoms with Crippen LogP contribution in [0.1, 0.15) is 29.6 Å². The molecule has 0 saturated carbocycles. The average Bonchev–Trinajstić information content (AvgIpc) is 3.43. The number of benzene rings is 1. The number of nitrogen functional groups attached to an aromatic ring is 1. The van der Waals surface area contributed by atoms with Crippen molar-refractivity contribution in [2.45, 2.75) is 26.0 Å². The number of aliphatic hydroxyl groups is 1. The van der Waals surface area contributed by atoms with Crippen LogP contribution in [-0.2, 0) is 16.9 Å². The number of morpholine rings is 1. The molecular formula is C24H25N7O3. The number of ether oxygens (including phenoxy) is 1. The third-order valence-electron chi connectivity index (χ3n) is 5.69. The van der Waals surface area contributed by atoms with Gasteiger partial charge in [0.25, 0.3) is 0 Å². The van der Waals surface area contributed by atoms with Crippen LogP contribution in [0.5, 0.6) is 0 Å². The van der Waals surface area contributed by atoms with E-state index in [0.717, 1.165) is 29.7 Å². The van der Waals surface area contributed by atoms with E-state index in [1.807, 2.05) is 18.2 Å². The van der Waals surface area contributed by atoms with E-state index in [9.17, 15) is 5.11 Å². The first-order valence-electron chi connectivity index (χ1n) is 11.0. The zero-order valence-corrected chi connectivity index (χ0v) is 19.0. The van der Waals surface area contributed by atoms with Gasteiger partial charge in [0.05, 0.1) is 24.4 Å². The van der Waals surface area contributed by atoms with Crippen LogP contribution in [0.3, 0.4) is 0 Å². The largest absolute Gasteiger partial charge is 0.379 e. The second-order valence-corrected chi connectivity index (χ2v) is 8.40. The van der Waals surface area contributed by atoms with Crippen molar-refractivity contribution in [1.29, 1.82) is 0 Å². The van der Waals surface area contributed by atoms with Crippen molar-refractivity contribution in [2.75, 3.05) is 32.0 Å². The molecule has 10 nitrogen and oxygen atoms in total. The normalized spacial score (nSPS) is 16.2. The van der Waals surface area contributed by atoms with Crippen LogP contribution in [0.2, 0.25) is 0 Å². The number of anilines is 1. The maximum atomic E-state index is 10.8. The number of rotatable bonds is 4. The molecule has 1 aromatic carbocycles. The maximum absolute atomic E-state index is 10.8. The van der Waals surface area contributed by atoms with Gasteiger partial charge in [0.15, 0.2) is 11.4 Å². The summed E-state index contributed by atoms with van der Waals surface area (Å²) in [5.41, 5.74) is 7.23. The Balaban J connectivity index is 1.55. The summed E-state index contributed by atoms with van der Waals surface area (Å²) >= 11 is 0. The molecule has 34 heavy (non-hydrogen) atoms. The smallest absolute Gasteiger partial charge is 0.221 e. The van der Waals surface area contributed by atoms with Crippen molar-refractivity contribution in [2.24, 2.45) is 0 Å². The lowest BCUT2D eigenvalue weighted by Gasteiger charge is -2.25. The summed E-state index contributed by atoms with van der Waals surface area (Å²) in [6.45, 7) is 7.19. The standard InChI is InChI=1S/C24H25N7O3/c1-16-13-21(29-34-16)24(2,32)7-5-17-3-4-18-19(15-30-9-11-33-12-10-30)28-31(20(18)14-17)22-6-8-26-23(25)27-22/h3-4,6,8,13-14,32H,9-12,15H2,1-2H3,(H2,25,26,27)/t24-/m1/s1. The van der Waals surface area contributed by atoms with Crippen molar-refractivity contribution in [3.05, 3.63) is 59.2 Å². The highest BCUT2D eigenvalue weighted by Crippen LogP contribution is 2.25. The second kappa shape index (κ2) is 8.87. The molecule has 1 aliphatic rings. The lowest BCUT2D eigenvalue weighted by atomic mass is 10.0. The topological polar surface area (TPSA) is 128 Å². The SMILES string of the molecule is Cc1cc([C@](C)(O)C#Cc2ccc3c(CN4CCOCC4)nn(-c4ccnc(N)n4)c3c2)no1. The second-order valence-electron chi connectivity index (χ2n) is 8.40. The number of hydrogen-bond donors (Lipinski definition) is 2. The Bertz CT molecular complexity index is 1390. The summed E-state index contributed by atoms with van der Waals surface area (Å²) in [6.07, 6.45) is 1.60. The summed E-state index contributed by atoms with van der Waals surface area (Å²) < 4.78 is 12.3. The molecule has 3 N–H and O–H groups in total. The van der Waals surface area contributed by atoms with E-state index in [0.29, 0.717) is 42.6 Å². The maximum Gasteiger partial charge on any atom is 0.221 e. The van der Waals surface area contributed by atoms with Gasteiger partial charge in [-0.2, -0.15) is 10.1 Å². The van der Waals surface area contributed by atoms with Gasteiger partial charge >= 0.3 is 0 Å². The van der Waals surface area contributed by atoms with Gasteiger partial charge in [-0.1, -0.05) is 17.0 Å². The lowest BCUT2D eigenvalue weighted by Crippen LogP contribution is -2.35. The van der Waals surface area contributed by atoms with Crippen LogP contribution < -0.4 is 5.73 Å². The minimum absolute atomic E-state index is 0.172. The summed E-state index contributed by atoms with van der Waals surface area (Å²) in [5.74, 6) is 7.31. The number of nitrogens with two attached hydrogens (primary N) is 1. The Hall–Kier alpha value is -3.78. The van der Waals surface area contributed by atoms with E-state index in [-0.39, 0.29) is 5.95 Å². The molecule has 1 atom stereocenters. The fourth-order valence-corrected chi connectivity index (χ4v) is 3.86. The highest BCUT2D eigenvalue weighted by molar-refractivity contribution is 5.84. The number of aryl methyl sites for hydroxylation is 1. The molecule has 1 fully saturated rings. The minimum atomic E-state index is -1.45. The molecule has 0 aliphatic carbocycles. The highest BCUT2D eigenvalue weighted by Gasteiger charge is 2.24. The third kappa shape index (κ3) is 4.49. The Morgan fingerprint density at radius 1 is 1.21 bits per heavy atom. The Labute approximate surface area is 196 Å². The van der Waals surface area contributed by atoms with Crippen molar-refractivity contribution in [1.82, 2.24) is 29.8 Å². The Morgan fingerprint density at radius 2 is 2.03 bits per heavy atom. The first-order chi connectivity index (χ1) is 16.4. The van der Waals surface area contributed by atoms with Crippen molar-refractivity contribution < 1.29 is 14.4 Å². The van der Waals surface area contributed by atoms with E-state index in [1.54, 1.807) is 36.9 Å². The Kier molecular flexibility index (Phi) is 5.75. The van der Waals surface area contributed by atoms with Gasteiger partial charge in [-0.05, 0) is 32.0 Å². The molecule has 0 amide bonds. The van der Waals surface area contributed by atoms with Crippen molar-refractivity contribution in [3.8, 4) is 17.7 Å². The number of aromatic nitrogens is 5. The Morgan fingerprint density at radius 3 is 2.76 bits per heavy atom. The molecule has 0 spiro atoms. The van der Waals surface area contributed by atoms with Crippen molar-refractivity contribution in [3.63, 3.8) is 0 Å². The molecule has 5 rings (SSSR count). The van der Waals surface area contributed by atoms with Gasteiger partial charge in [0.2, 0.25) is 5.95 Å². The van der Waals surface area contributed by atoms with E-state index in [2.05, 4.69) is 31.9 Å². The molecular weight excluding hydrogens is 434 g/mol. The molecule has 174 valence electrons. The predicted octanol–water partition coefficient (Wildman–Crippen LogP) is 1.79. The monoisotopic (exact) mass is 459 g/mol. The summed E-state index contributed by atoms with van der Waals surface area (Å²) in [7, 11) is 0. The number of nitrogens with zero attached hydrogens (tertiary/aromatic N) is 6. The highest BCUT2D eigenvalue weighted by atomic mass is 16.5. The van der Waals surface area contributed by atoms with Crippen LogP contribution in [-0.4, -0.2) is 61.2 Å². The van der Waals surface area contributed by atoms with Crippen LogP contribution in [0.25, 0.3) is 16.7 Å². The van der Waals surface area contributed by atoms with E-state index < -0.39 is 5.60 Å². The molecule has 3 aromatic heterocycles. The van der Waals surface area contributed by atoms with Crippen LogP contribution in [0, 0.1) is 18.8 Å². The molecule has 0 radical (unpaired) electrons. The molecule has 4 aromatic rings. The predicted molar refractivity (Wildman–Crippen MR) is 125 cm³/mol. The first-order valence-corrected chi connectivity index (χ1v) is 11.0. The minimum Gasteiger partial charge on any atom is -0.379 e. The zero-order valence-electron chi connectivity index (χ0n) is 19.0. The van der Waals surface area contributed by atoms with Gasteiger partial charge < -0.3 is 20.1 Å². The van der Waals surface area contributed by atoms with Crippen LogP contribution in [0.15, 0.2) is 41.1 Å². The molecule has 4 heterocycles. The van der Waals surface area contributed by atoms with Gasteiger partial charge in [-0.15, -0.1) is 0 Å². The van der Waals surface area contributed by atoms with Gasteiger partial charge in [0, 0.05) is 48.9 Å². The summed E-state index contributed by atoms with van der Waals surface area (Å²) in [4.78, 5) is 10.7. The molecule has 0 bridgehead atoms. The average molecular weight is 460 g/mol. The molecule has 0 unspecified atom stereocenters. The van der Waals surface area contributed by atoms with E-state index >= 15 is 0 Å². The van der Waals surface area contributed by atoms with Gasteiger partial charge in [0.1, 0.15) is 11.5 Å². The summed E-state index contributed by atoms with van der Waals surface area (Å²) in [6, 6.07) is 9.28. The molecule has 1 aliphatic heterocycles. The van der Waals surface area contributed by atoms with Crippen molar-refractivity contribution >= 4 is 16.9 Å². The fourth-order valence-electron chi connectivity index (χ4n) is 3.86. The van der Waals surface area contributed by atoms with Gasteiger partial charge in [-0.25, -0.2) is 9.67 Å². The summed E-state index contributed by atoms with van der Waals surface area (Å²) in [5, 5.41) is 20.5. The van der Waals surface area contributed by atoms with E-state index in [4.69, 9.17) is 20.1 Å². The van der Waals surface area contributed by atoms with Crippen LogP contribution >= 0.6 is 0 Å². The van der Waals surface area contributed by atoms with Gasteiger partial charge in [-0.3, -0.25) is 4.90 Å². The molecule has 1 saturated heterocycles. The number of fused-ring (bicyclic) bond motifs is 1. The first kappa shape index (κ1) is 22.0. The number of hydrogen-bond acceptors (Lipinski definition) is 9. The fraction of sp³-hybridized carbons (Fsp3) is 0.333. The lowest BCUT2D eigenvalue weighted by molar-refractivity contribution is 0.0338. The zero-order chi connectivity index (χ0) is 23.7. The third-order valence-corrected chi connectivity index (χ3v) is 5.69. The quantitative estimate of drug-likeness (QED) is 0.439.